The van der Waals surface area contributed by atoms with Crippen LogP contribution in [0.1, 0.15) is 39.5 Å². The molecule has 2 aliphatic heterocycles. The highest BCUT2D eigenvalue weighted by molar-refractivity contribution is 5.84. The first-order valence-electron chi connectivity index (χ1n) is 7.34. The number of hydrogen-bond acceptors (Lipinski definition) is 3. The Morgan fingerprint density at radius 1 is 1.42 bits per heavy atom. The van der Waals surface area contributed by atoms with Crippen molar-refractivity contribution in [3.8, 4) is 0 Å². The molecule has 1 saturated heterocycles. The molecular formula is C14H25N5. The van der Waals surface area contributed by atoms with Crippen molar-refractivity contribution in [1.82, 2.24) is 9.91 Å². The van der Waals surface area contributed by atoms with Gasteiger partial charge < -0.3 is 4.90 Å². The summed E-state index contributed by atoms with van der Waals surface area (Å²) in [5.41, 5.74) is 0. The maximum absolute atomic E-state index is 4.81. The number of likely N-dealkylation sites (tertiary alicyclic amines) is 1. The van der Waals surface area contributed by atoms with Crippen LogP contribution in [0, 0.1) is 5.92 Å². The summed E-state index contributed by atoms with van der Waals surface area (Å²) < 4.78 is 0. The average molecular weight is 263 g/mol. The predicted octanol–water partition coefficient (Wildman–Crippen LogP) is 2.20. The molecule has 5 nitrogen and oxygen atoms in total. The molecule has 0 aromatic carbocycles. The van der Waals surface area contributed by atoms with Crippen LogP contribution in [-0.4, -0.2) is 54.6 Å². The van der Waals surface area contributed by atoms with Gasteiger partial charge in [-0.15, -0.1) is 0 Å². The van der Waals surface area contributed by atoms with E-state index in [2.05, 4.69) is 40.6 Å². The molecule has 0 amide bonds. The van der Waals surface area contributed by atoms with Crippen molar-refractivity contribution in [2.45, 2.75) is 45.7 Å². The molecule has 0 radical (unpaired) electrons. The maximum atomic E-state index is 4.81. The van der Waals surface area contributed by atoms with Gasteiger partial charge in [0.15, 0.2) is 0 Å². The maximum Gasteiger partial charge on any atom is 0.222 e. The van der Waals surface area contributed by atoms with Crippen molar-refractivity contribution in [1.29, 1.82) is 0 Å². The largest absolute Gasteiger partial charge is 0.341 e. The topological polar surface area (TPSA) is 43.6 Å². The van der Waals surface area contributed by atoms with E-state index in [-0.39, 0.29) is 6.17 Å². The van der Waals surface area contributed by atoms with Crippen molar-refractivity contribution >= 4 is 18.9 Å². The third kappa shape index (κ3) is 3.55. The fraction of sp³-hybridized carbons (Fsp3) is 0.786. The van der Waals surface area contributed by atoms with Crippen molar-refractivity contribution < 1.29 is 0 Å². The van der Waals surface area contributed by atoms with Crippen molar-refractivity contribution in [2.75, 3.05) is 19.6 Å². The van der Waals surface area contributed by atoms with E-state index in [4.69, 9.17) is 4.99 Å². The normalized spacial score (nSPS) is 28.0. The number of guanidine groups is 1. The van der Waals surface area contributed by atoms with E-state index < -0.39 is 0 Å². The molecule has 0 spiro atoms. The molecule has 0 aromatic rings. The van der Waals surface area contributed by atoms with Gasteiger partial charge in [-0.25, -0.2) is 9.98 Å². The number of hydrazone groups is 1. The molecule has 0 saturated carbocycles. The molecule has 2 aliphatic rings. The monoisotopic (exact) mass is 263 g/mol. The predicted molar refractivity (Wildman–Crippen MR) is 80.8 cm³/mol. The van der Waals surface area contributed by atoms with Crippen LogP contribution in [0.15, 0.2) is 15.1 Å². The summed E-state index contributed by atoms with van der Waals surface area (Å²) in [5.74, 6) is 1.28. The molecule has 1 fully saturated rings. The number of rotatable bonds is 3. The van der Waals surface area contributed by atoms with Gasteiger partial charge in [-0.3, -0.25) is 5.01 Å². The quantitative estimate of drug-likeness (QED) is 0.579. The summed E-state index contributed by atoms with van der Waals surface area (Å²) in [5, 5.41) is 6.60. The van der Waals surface area contributed by atoms with Crippen LogP contribution < -0.4 is 0 Å². The lowest BCUT2D eigenvalue weighted by Crippen LogP contribution is -2.38. The van der Waals surface area contributed by atoms with E-state index in [0.29, 0.717) is 5.92 Å². The summed E-state index contributed by atoms with van der Waals surface area (Å²) in [4.78, 5) is 11.2. The van der Waals surface area contributed by atoms with Gasteiger partial charge in [0.2, 0.25) is 5.96 Å². The Balaban J connectivity index is 2.12. The Hall–Kier alpha value is -1.39. The van der Waals surface area contributed by atoms with Gasteiger partial charge in [-0.05, 0) is 38.3 Å². The molecule has 19 heavy (non-hydrogen) atoms. The summed E-state index contributed by atoms with van der Waals surface area (Å²) >= 11 is 0. The minimum Gasteiger partial charge on any atom is -0.341 e. The fourth-order valence-corrected chi connectivity index (χ4v) is 2.62. The zero-order valence-electron chi connectivity index (χ0n) is 12.1. The highest BCUT2D eigenvalue weighted by Crippen LogP contribution is 2.20. The minimum absolute atomic E-state index is 0.112. The zero-order chi connectivity index (χ0) is 13.7. The second-order valence-corrected chi connectivity index (χ2v) is 5.40. The van der Waals surface area contributed by atoms with E-state index in [1.165, 1.54) is 12.8 Å². The first-order valence-corrected chi connectivity index (χ1v) is 7.34. The van der Waals surface area contributed by atoms with E-state index in [9.17, 15) is 0 Å². The molecular weight excluding hydrogens is 238 g/mol. The number of nitrogens with zero attached hydrogens (tertiary/aromatic N) is 5. The van der Waals surface area contributed by atoms with E-state index in [1.54, 1.807) is 0 Å². The van der Waals surface area contributed by atoms with Gasteiger partial charge in [-0.1, -0.05) is 13.8 Å². The van der Waals surface area contributed by atoms with Crippen LogP contribution in [0.2, 0.25) is 0 Å². The molecule has 0 N–H and O–H groups in total. The van der Waals surface area contributed by atoms with Crippen LogP contribution in [-0.2, 0) is 0 Å². The molecule has 2 unspecified atom stereocenters. The molecule has 0 bridgehead atoms. The molecule has 106 valence electrons. The van der Waals surface area contributed by atoms with Crippen LogP contribution in [0.3, 0.4) is 0 Å². The smallest absolute Gasteiger partial charge is 0.222 e. The second kappa shape index (κ2) is 6.68. The lowest BCUT2D eigenvalue weighted by atomic mass is 10.1. The number of aliphatic imine (C=N–C) groups is 2. The Morgan fingerprint density at radius 2 is 2.16 bits per heavy atom. The lowest BCUT2D eigenvalue weighted by Gasteiger charge is -2.32. The summed E-state index contributed by atoms with van der Waals surface area (Å²) in [7, 11) is 0. The van der Waals surface area contributed by atoms with Gasteiger partial charge in [-0.2, -0.15) is 5.10 Å². The first-order chi connectivity index (χ1) is 9.24. The first kappa shape index (κ1) is 14.0. The highest BCUT2D eigenvalue weighted by atomic mass is 15.5. The van der Waals surface area contributed by atoms with Gasteiger partial charge in [0.25, 0.3) is 0 Å². The number of hydrogen-bond donors (Lipinski definition) is 0. The molecule has 0 aliphatic carbocycles. The van der Waals surface area contributed by atoms with Crippen LogP contribution in [0.25, 0.3) is 0 Å². The SMILES string of the molecule is C=N/C(=N\C1CC(C)C=NN1CCC)N1CCCC1. The molecule has 0 aromatic heterocycles. The summed E-state index contributed by atoms with van der Waals surface area (Å²) in [6.07, 6.45) is 6.69. The van der Waals surface area contributed by atoms with Crippen molar-refractivity contribution in [3.05, 3.63) is 0 Å². The Bertz CT molecular complexity index is 357. The Labute approximate surface area is 116 Å². The Kier molecular flexibility index (Phi) is 4.93. The second-order valence-electron chi connectivity index (χ2n) is 5.40. The molecule has 2 atom stereocenters. The van der Waals surface area contributed by atoms with E-state index >= 15 is 0 Å². The summed E-state index contributed by atoms with van der Waals surface area (Å²) in [6, 6.07) is 0. The van der Waals surface area contributed by atoms with Gasteiger partial charge in [0, 0.05) is 25.8 Å². The third-order valence-corrected chi connectivity index (χ3v) is 3.64. The van der Waals surface area contributed by atoms with Crippen LogP contribution in [0.5, 0.6) is 0 Å². The molecule has 5 heteroatoms. The highest BCUT2D eigenvalue weighted by Gasteiger charge is 2.24. The lowest BCUT2D eigenvalue weighted by molar-refractivity contribution is 0.178. The molecule has 2 heterocycles. The minimum atomic E-state index is 0.112. The average Bonchev–Trinajstić information content (AvgIpc) is 2.93. The molecule has 2 rings (SSSR count). The van der Waals surface area contributed by atoms with Gasteiger partial charge in [0.05, 0.1) is 0 Å². The summed E-state index contributed by atoms with van der Waals surface area (Å²) in [6.45, 7) is 11.1. The van der Waals surface area contributed by atoms with Gasteiger partial charge in [0.1, 0.15) is 6.17 Å². The Morgan fingerprint density at radius 3 is 2.79 bits per heavy atom. The van der Waals surface area contributed by atoms with Gasteiger partial charge >= 0.3 is 0 Å². The van der Waals surface area contributed by atoms with E-state index in [1.807, 2.05) is 6.21 Å². The zero-order valence-corrected chi connectivity index (χ0v) is 12.1. The van der Waals surface area contributed by atoms with Crippen LogP contribution in [0.4, 0.5) is 0 Å². The third-order valence-electron chi connectivity index (χ3n) is 3.64. The van der Waals surface area contributed by atoms with E-state index in [0.717, 1.165) is 38.4 Å². The van der Waals surface area contributed by atoms with Crippen LogP contribution >= 0.6 is 0 Å². The van der Waals surface area contributed by atoms with Crippen molar-refractivity contribution in [2.24, 2.45) is 21.0 Å². The fourth-order valence-electron chi connectivity index (χ4n) is 2.62. The standard InChI is InChI=1S/C14H25N5/c1-4-7-19-13(10-12(2)11-16-19)17-14(15-3)18-8-5-6-9-18/h11-13H,3-10H2,1-2H3/b17-14+. The van der Waals surface area contributed by atoms with Crippen molar-refractivity contribution in [3.63, 3.8) is 0 Å².